The standard InChI is InChI=1S/C21H23N5O2/c1-13-17(21(28)23-20-19(13)14(2)24-26(20)4)9-10-18(27)25(3)12-16-7-5-15(11-22)6-8-16/h5-8H,9-10,12H2,1-4H3,(H,23,28). The van der Waals surface area contributed by atoms with E-state index in [1.165, 1.54) is 0 Å². The van der Waals surface area contributed by atoms with Crippen molar-refractivity contribution in [1.29, 1.82) is 5.26 Å². The molecule has 0 fully saturated rings. The predicted molar refractivity (Wildman–Crippen MR) is 107 cm³/mol. The van der Waals surface area contributed by atoms with Crippen molar-refractivity contribution in [1.82, 2.24) is 19.7 Å². The first-order chi connectivity index (χ1) is 13.3. The van der Waals surface area contributed by atoms with Gasteiger partial charge in [0.1, 0.15) is 5.65 Å². The van der Waals surface area contributed by atoms with Crippen molar-refractivity contribution in [3.63, 3.8) is 0 Å². The monoisotopic (exact) mass is 377 g/mol. The molecule has 0 bridgehead atoms. The maximum absolute atomic E-state index is 12.5. The molecule has 7 nitrogen and oxygen atoms in total. The van der Waals surface area contributed by atoms with Crippen LogP contribution in [0.4, 0.5) is 0 Å². The van der Waals surface area contributed by atoms with Gasteiger partial charge in [-0.1, -0.05) is 12.1 Å². The first-order valence-corrected chi connectivity index (χ1v) is 9.10. The molecule has 3 rings (SSSR count). The molecule has 2 heterocycles. The number of fused-ring (bicyclic) bond motifs is 1. The summed E-state index contributed by atoms with van der Waals surface area (Å²) in [6.07, 6.45) is 0.628. The van der Waals surface area contributed by atoms with E-state index in [2.05, 4.69) is 16.2 Å². The molecule has 0 atom stereocenters. The average Bonchev–Trinajstić information content (AvgIpc) is 2.95. The third kappa shape index (κ3) is 3.67. The van der Waals surface area contributed by atoms with E-state index in [1.807, 2.05) is 26.0 Å². The largest absolute Gasteiger partial charge is 0.341 e. The number of nitrogens with zero attached hydrogens (tertiary/aromatic N) is 4. The second kappa shape index (κ2) is 7.69. The molecular weight excluding hydrogens is 354 g/mol. The Morgan fingerprint density at radius 3 is 2.61 bits per heavy atom. The Morgan fingerprint density at radius 1 is 1.29 bits per heavy atom. The molecule has 1 aromatic carbocycles. The number of hydrogen-bond acceptors (Lipinski definition) is 4. The molecule has 1 N–H and O–H groups in total. The van der Waals surface area contributed by atoms with Crippen molar-refractivity contribution >= 4 is 16.9 Å². The van der Waals surface area contributed by atoms with E-state index in [0.29, 0.717) is 29.7 Å². The van der Waals surface area contributed by atoms with E-state index >= 15 is 0 Å². The Kier molecular flexibility index (Phi) is 5.32. The number of H-pyrrole nitrogens is 1. The summed E-state index contributed by atoms with van der Waals surface area (Å²) in [6.45, 7) is 4.28. The highest BCUT2D eigenvalue weighted by Gasteiger charge is 2.17. The molecule has 1 amide bonds. The van der Waals surface area contributed by atoms with Crippen LogP contribution in [0.25, 0.3) is 11.0 Å². The van der Waals surface area contributed by atoms with Crippen molar-refractivity contribution in [2.45, 2.75) is 33.2 Å². The van der Waals surface area contributed by atoms with Gasteiger partial charge in [0.25, 0.3) is 5.56 Å². The van der Waals surface area contributed by atoms with Crippen LogP contribution in [0.3, 0.4) is 0 Å². The van der Waals surface area contributed by atoms with E-state index in [-0.39, 0.29) is 17.9 Å². The molecular formula is C21H23N5O2. The number of nitriles is 1. The molecule has 0 unspecified atom stereocenters. The fourth-order valence-corrected chi connectivity index (χ4v) is 3.53. The van der Waals surface area contributed by atoms with E-state index in [4.69, 9.17) is 5.26 Å². The molecule has 0 aliphatic heterocycles. The molecule has 0 aliphatic rings. The van der Waals surface area contributed by atoms with E-state index in [0.717, 1.165) is 22.2 Å². The zero-order valence-corrected chi connectivity index (χ0v) is 16.5. The Morgan fingerprint density at radius 2 is 1.96 bits per heavy atom. The van der Waals surface area contributed by atoms with Gasteiger partial charge in [-0.15, -0.1) is 0 Å². The minimum absolute atomic E-state index is 0.0360. The van der Waals surface area contributed by atoms with Crippen LogP contribution in [-0.2, 0) is 24.8 Å². The first kappa shape index (κ1) is 19.4. The Labute approximate surface area is 163 Å². The second-order valence-electron chi connectivity index (χ2n) is 7.05. The molecule has 2 aromatic heterocycles. The summed E-state index contributed by atoms with van der Waals surface area (Å²) in [6, 6.07) is 9.24. The zero-order valence-electron chi connectivity index (χ0n) is 16.5. The number of rotatable bonds is 5. The lowest BCUT2D eigenvalue weighted by Crippen LogP contribution is -2.27. The lowest BCUT2D eigenvalue weighted by Gasteiger charge is -2.17. The van der Waals surface area contributed by atoms with Crippen LogP contribution in [0.5, 0.6) is 0 Å². The van der Waals surface area contributed by atoms with Crippen LogP contribution in [0, 0.1) is 25.2 Å². The number of pyridine rings is 1. The molecule has 3 aromatic rings. The van der Waals surface area contributed by atoms with Crippen LogP contribution >= 0.6 is 0 Å². The average molecular weight is 377 g/mol. The third-order valence-electron chi connectivity index (χ3n) is 5.07. The minimum atomic E-state index is -0.171. The fraction of sp³-hybridized carbons (Fsp3) is 0.333. The molecule has 0 spiro atoms. The topological polar surface area (TPSA) is 94.8 Å². The summed E-state index contributed by atoms with van der Waals surface area (Å²) in [5.74, 6) is -0.0360. The van der Waals surface area contributed by atoms with Gasteiger partial charge in [-0.3, -0.25) is 14.3 Å². The molecule has 0 saturated carbocycles. The number of aromatic nitrogens is 3. The number of carbonyl (C=O) groups is 1. The lowest BCUT2D eigenvalue weighted by atomic mass is 10.0. The number of aryl methyl sites for hydroxylation is 3. The van der Waals surface area contributed by atoms with Crippen LogP contribution in [0.2, 0.25) is 0 Å². The van der Waals surface area contributed by atoms with Crippen LogP contribution in [-0.4, -0.2) is 32.6 Å². The normalized spacial score (nSPS) is 10.8. The van der Waals surface area contributed by atoms with Crippen molar-refractivity contribution in [3.8, 4) is 6.07 Å². The van der Waals surface area contributed by atoms with Gasteiger partial charge < -0.3 is 9.88 Å². The van der Waals surface area contributed by atoms with Crippen LogP contribution in [0.1, 0.15) is 34.4 Å². The van der Waals surface area contributed by atoms with E-state index in [9.17, 15) is 9.59 Å². The van der Waals surface area contributed by atoms with E-state index < -0.39 is 0 Å². The number of benzene rings is 1. The fourth-order valence-electron chi connectivity index (χ4n) is 3.53. The van der Waals surface area contributed by atoms with Gasteiger partial charge in [-0.2, -0.15) is 10.4 Å². The number of nitrogens with one attached hydrogen (secondary N) is 1. The summed E-state index contributed by atoms with van der Waals surface area (Å²) in [5.41, 5.74) is 4.45. The summed E-state index contributed by atoms with van der Waals surface area (Å²) >= 11 is 0. The summed E-state index contributed by atoms with van der Waals surface area (Å²) in [5, 5.41) is 14.2. The predicted octanol–water partition coefficient (Wildman–Crippen LogP) is 2.34. The van der Waals surface area contributed by atoms with Gasteiger partial charge in [-0.25, -0.2) is 0 Å². The highest BCUT2D eigenvalue weighted by molar-refractivity contribution is 5.83. The van der Waals surface area contributed by atoms with E-state index in [1.54, 1.807) is 35.8 Å². The summed E-state index contributed by atoms with van der Waals surface area (Å²) < 4.78 is 1.67. The Bertz CT molecular complexity index is 1130. The molecule has 28 heavy (non-hydrogen) atoms. The van der Waals surface area contributed by atoms with Gasteiger partial charge in [0.05, 0.1) is 17.3 Å². The van der Waals surface area contributed by atoms with Gasteiger partial charge in [0.15, 0.2) is 0 Å². The lowest BCUT2D eigenvalue weighted by molar-refractivity contribution is -0.130. The minimum Gasteiger partial charge on any atom is -0.341 e. The molecule has 144 valence electrons. The number of aromatic amines is 1. The van der Waals surface area contributed by atoms with Gasteiger partial charge in [0, 0.05) is 38.0 Å². The van der Waals surface area contributed by atoms with Crippen LogP contribution in [0.15, 0.2) is 29.1 Å². The highest BCUT2D eigenvalue weighted by Crippen LogP contribution is 2.21. The van der Waals surface area contributed by atoms with Crippen molar-refractivity contribution in [2.24, 2.45) is 7.05 Å². The number of hydrogen-bond donors (Lipinski definition) is 1. The third-order valence-corrected chi connectivity index (χ3v) is 5.07. The quantitative estimate of drug-likeness (QED) is 0.738. The Hall–Kier alpha value is -3.40. The van der Waals surface area contributed by atoms with Crippen molar-refractivity contribution in [3.05, 3.63) is 62.6 Å². The molecule has 0 saturated heterocycles. The van der Waals surface area contributed by atoms with Gasteiger partial charge in [-0.05, 0) is 43.5 Å². The van der Waals surface area contributed by atoms with Crippen LogP contribution < -0.4 is 5.56 Å². The highest BCUT2D eigenvalue weighted by atomic mass is 16.2. The zero-order chi connectivity index (χ0) is 20.4. The summed E-state index contributed by atoms with van der Waals surface area (Å²) in [7, 11) is 3.54. The second-order valence-corrected chi connectivity index (χ2v) is 7.05. The molecule has 0 aliphatic carbocycles. The van der Waals surface area contributed by atoms with Crippen molar-refractivity contribution < 1.29 is 4.79 Å². The number of amides is 1. The number of carbonyl (C=O) groups excluding carboxylic acids is 1. The summed E-state index contributed by atoms with van der Waals surface area (Å²) in [4.78, 5) is 29.6. The maximum Gasteiger partial charge on any atom is 0.253 e. The first-order valence-electron chi connectivity index (χ1n) is 9.10. The van der Waals surface area contributed by atoms with Crippen molar-refractivity contribution in [2.75, 3.05) is 7.05 Å². The van der Waals surface area contributed by atoms with Gasteiger partial charge in [0.2, 0.25) is 5.91 Å². The smallest absolute Gasteiger partial charge is 0.253 e. The van der Waals surface area contributed by atoms with Gasteiger partial charge >= 0.3 is 0 Å². The SMILES string of the molecule is Cc1nn(C)c2[nH]c(=O)c(CCC(=O)N(C)Cc3ccc(C#N)cc3)c(C)c12. The molecule has 7 heteroatoms. The molecule has 0 radical (unpaired) electrons. The maximum atomic E-state index is 12.5. The Balaban J connectivity index is 1.72.